The Morgan fingerprint density at radius 1 is 1.00 bits per heavy atom. The fourth-order valence-corrected chi connectivity index (χ4v) is 6.66. The second kappa shape index (κ2) is 7.04. The first-order valence-corrected chi connectivity index (χ1v) is 11.3. The summed E-state index contributed by atoms with van der Waals surface area (Å²) in [7, 11) is -3.68. The zero-order chi connectivity index (χ0) is 20.8. The van der Waals surface area contributed by atoms with Crippen LogP contribution in [0, 0.1) is 0 Å². The van der Waals surface area contributed by atoms with Crippen molar-refractivity contribution in [3.8, 4) is 0 Å². The molecule has 3 aromatic rings. The highest BCUT2D eigenvalue weighted by Gasteiger charge is 2.57. The monoisotopic (exact) mass is 419 g/mol. The van der Waals surface area contributed by atoms with Crippen molar-refractivity contribution in [2.45, 2.75) is 23.4 Å². The molecule has 2 aliphatic rings. The summed E-state index contributed by atoms with van der Waals surface area (Å²) in [5, 5.41) is 0. The molecule has 6 nitrogen and oxygen atoms in total. The minimum absolute atomic E-state index is 0.0735. The molecule has 3 heterocycles. The van der Waals surface area contributed by atoms with Crippen LogP contribution in [0.2, 0.25) is 0 Å². The van der Waals surface area contributed by atoms with Gasteiger partial charge in [0.25, 0.3) is 5.91 Å². The molecule has 1 aromatic heterocycles. The molecule has 1 fully saturated rings. The molecule has 1 saturated heterocycles. The Hall–Kier alpha value is -3.03. The van der Waals surface area contributed by atoms with Crippen LogP contribution < -0.4 is 0 Å². The van der Waals surface area contributed by atoms with E-state index < -0.39 is 15.6 Å². The molecular formula is C23H21N3O3S. The number of rotatable bonds is 3. The van der Waals surface area contributed by atoms with Gasteiger partial charge in [0.05, 0.1) is 10.4 Å². The summed E-state index contributed by atoms with van der Waals surface area (Å²) in [5.74, 6) is -0.0735. The average molecular weight is 420 g/mol. The van der Waals surface area contributed by atoms with Crippen LogP contribution in [-0.2, 0) is 22.1 Å². The van der Waals surface area contributed by atoms with Crippen molar-refractivity contribution >= 4 is 15.9 Å². The molecule has 0 aliphatic carbocycles. The van der Waals surface area contributed by atoms with Crippen LogP contribution in [0.5, 0.6) is 0 Å². The predicted molar refractivity (Wildman–Crippen MR) is 112 cm³/mol. The standard InChI is InChI=1S/C23H21N3O3S/c27-22(19-8-2-1-3-9-19)25-14-12-23(17-25)20-10-4-5-11-21(20)30(28,29)26(23)16-18-7-6-13-24-15-18/h1-11,13,15H,12,14,16-17H2. The quantitative estimate of drug-likeness (QED) is 0.654. The zero-order valence-electron chi connectivity index (χ0n) is 16.3. The fraction of sp³-hybridized carbons (Fsp3) is 0.217. The van der Waals surface area contributed by atoms with Crippen LogP contribution in [0.15, 0.2) is 84.0 Å². The predicted octanol–water partition coefficient (Wildman–Crippen LogP) is 3.03. The lowest BCUT2D eigenvalue weighted by molar-refractivity contribution is 0.0762. The molecular weight excluding hydrogens is 398 g/mol. The molecule has 0 bridgehead atoms. The maximum atomic E-state index is 13.5. The molecule has 1 amide bonds. The number of carbonyl (C=O) groups is 1. The number of benzene rings is 2. The van der Waals surface area contributed by atoms with Gasteiger partial charge in [0.15, 0.2) is 0 Å². The first kappa shape index (κ1) is 19.0. The molecule has 1 spiro atoms. The smallest absolute Gasteiger partial charge is 0.253 e. The largest absolute Gasteiger partial charge is 0.336 e. The molecule has 152 valence electrons. The fourth-order valence-electron chi connectivity index (χ4n) is 4.61. The number of nitrogens with zero attached hydrogens (tertiary/aromatic N) is 3. The average Bonchev–Trinajstić information content (AvgIpc) is 3.30. The first-order chi connectivity index (χ1) is 14.5. The lowest BCUT2D eigenvalue weighted by atomic mass is 9.88. The second-order valence-corrected chi connectivity index (χ2v) is 9.57. The zero-order valence-corrected chi connectivity index (χ0v) is 17.1. The minimum Gasteiger partial charge on any atom is -0.336 e. The summed E-state index contributed by atoms with van der Waals surface area (Å²) in [5.41, 5.74) is 1.44. The number of sulfonamides is 1. The third-order valence-electron chi connectivity index (χ3n) is 6.04. The normalized spacial score (nSPS) is 22.3. The van der Waals surface area contributed by atoms with E-state index in [2.05, 4.69) is 4.98 Å². The van der Waals surface area contributed by atoms with Crippen molar-refractivity contribution in [1.29, 1.82) is 0 Å². The second-order valence-electron chi connectivity index (χ2n) is 7.74. The van der Waals surface area contributed by atoms with Crippen LogP contribution in [0.25, 0.3) is 0 Å². The van der Waals surface area contributed by atoms with Crippen LogP contribution in [0.1, 0.15) is 27.9 Å². The minimum atomic E-state index is -3.68. The summed E-state index contributed by atoms with van der Waals surface area (Å²) in [6.45, 7) is 1.05. The van der Waals surface area contributed by atoms with Crippen molar-refractivity contribution < 1.29 is 13.2 Å². The van der Waals surface area contributed by atoms with Crippen molar-refractivity contribution in [3.63, 3.8) is 0 Å². The van der Waals surface area contributed by atoms with E-state index in [1.54, 1.807) is 51.9 Å². The highest BCUT2D eigenvalue weighted by molar-refractivity contribution is 7.89. The van der Waals surface area contributed by atoms with E-state index in [1.807, 2.05) is 36.4 Å². The van der Waals surface area contributed by atoms with Crippen LogP contribution in [0.3, 0.4) is 0 Å². The highest BCUT2D eigenvalue weighted by atomic mass is 32.2. The SMILES string of the molecule is O=C(c1ccccc1)N1CCC2(C1)c1ccccc1S(=O)(=O)N2Cc1cccnc1. The van der Waals surface area contributed by atoms with Crippen molar-refractivity contribution in [2.24, 2.45) is 0 Å². The number of fused-ring (bicyclic) bond motifs is 2. The van der Waals surface area contributed by atoms with Gasteiger partial charge in [-0.2, -0.15) is 4.31 Å². The van der Waals surface area contributed by atoms with Crippen molar-refractivity contribution in [3.05, 3.63) is 95.8 Å². The van der Waals surface area contributed by atoms with Crippen molar-refractivity contribution in [2.75, 3.05) is 13.1 Å². The molecule has 0 radical (unpaired) electrons. The number of pyridine rings is 1. The highest BCUT2D eigenvalue weighted by Crippen LogP contribution is 2.50. The van der Waals surface area contributed by atoms with Gasteiger partial charge in [0, 0.05) is 37.6 Å². The van der Waals surface area contributed by atoms with E-state index in [-0.39, 0.29) is 12.5 Å². The van der Waals surface area contributed by atoms with Crippen LogP contribution >= 0.6 is 0 Å². The number of carbonyl (C=O) groups excluding carboxylic acids is 1. The Morgan fingerprint density at radius 2 is 1.77 bits per heavy atom. The lowest BCUT2D eigenvalue weighted by Crippen LogP contribution is -2.46. The Balaban J connectivity index is 1.57. The van der Waals surface area contributed by atoms with Crippen molar-refractivity contribution in [1.82, 2.24) is 14.2 Å². The van der Waals surface area contributed by atoms with Gasteiger partial charge in [0.2, 0.25) is 10.0 Å². The van der Waals surface area contributed by atoms with Gasteiger partial charge in [-0.1, -0.05) is 42.5 Å². The van der Waals surface area contributed by atoms with Gasteiger partial charge in [-0.3, -0.25) is 9.78 Å². The third-order valence-corrected chi connectivity index (χ3v) is 8.01. The molecule has 1 unspecified atom stereocenters. The molecule has 0 N–H and O–H groups in total. The number of hydrogen-bond donors (Lipinski definition) is 0. The van der Waals surface area contributed by atoms with E-state index in [4.69, 9.17) is 0 Å². The van der Waals surface area contributed by atoms with E-state index >= 15 is 0 Å². The van der Waals surface area contributed by atoms with Gasteiger partial charge in [-0.15, -0.1) is 0 Å². The summed E-state index contributed by atoms with van der Waals surface area (Å²) < 4.78 is 28.6. The maximum absolute atomic E-state index is 13.5. The molecule has 7 heteroatoms. The molecule has 1 atom stereocenters. The van der Waals surface area contributed by atoms with Gasteiger partial charge >= 0.3 is 0 Å². The van der Waals surface area contributed by atoms with E-state index in [1.165, 1.54) is 0 Å². The van der Waals surface area contributed by atoms with Gasteiger partial charge in [-0.05, 0) is 41.8 Å². The topological polar surface area (TPSA) is 70.6 Å². The number of aromatic nitrogens is 1. The summed E-state index contributed by atoms with van der Waals surface area (Å²) in [4.78, 5) is 19.3. The van der Waals surface area contributed by atoms with E-state index in [0.29, 0.717) is 30.0 Å². The van der Waals surface area contributed by atoms with E-state index in [0.717, 1.165) is 11.1 Å². The number of likely N-dealkylation sites (tertiary alicyclic amines) is 1. The molecule has 2 aliphatic heterocycles. The number of hydrogen-bond acceptors (Lipinski definition) is 4. The third kappa shape index (κ3) is 2.85. The van der Waals surface area contributed by atoms with Crippen LogP contribution in [0.4, 0.5) is 0 Å². The Labute approximate surface area is 175 Å². The van der Waals surface area contributed by atoms with Gasteiger partial charge < -0.3 is 4.90 Å². The Bertz CT molecular complexity index is 1200. The molecule has 5 rings (SSSR count). The Kier molecular flexibility index (Phi) is 4.45. The maximum Gasteiger partial charge on any atom is 0.253 e. The summed E-state index contributed by atoms with van der Waals surface area (Å²) >= 11 is 0. The summed E-state index contributed by atoms with van der Waals surface area (Å²) in [6.07, 6.45) is 3.92. The molecule has 0 saturated carbocycles. The Morgan fingerprint density at radius 3 is 2.53 bits per heavy atom. The first-order valence-electron chi connectivity index (χ1n) is 9.88. The summed E-state index contributed by atoms with van der Waals surface area (Å²) in [6, 6.07) is 20.0. The van der Waals surface area contributed by atoms with Crippen LogP contribution in [-0.4, -0.2) is 41.6 Å². The lowest BCUT2D eigenvalue weighted by Gasteiger charge is -2.34. The number of amides is 1. The molecule has 2 aromatic carbocycles. The van der Waals surface area contributed by atoms with Gasteiger partial charge in [0.1, 0.15) is 0 Å². The van der Waals surface area contributed by atoms with E-state index in [9.17, 15) is 13.2 Å². The molecule has 30 heavy (non-hydrogen) atoms. The van der Waals surface area contributed by atoms with Gasteiger partial charge in [-0.25, -0.2) is 8.42 Å².